The Morgan fingerprint density at radius 2 is 2.62 bits per heavy atom. The van der Waals surface area contributed by atoms with Crippen molar-refractivity contribution in [2.75, 3.05) is 0 Å². The zero-order chi connectivity index (χ0) is 5.98. The quantitative estimate of drug-likeness (QED) is 0.489. The molecule has 2 heteroatoms. The zero-order valence-electron chi connectivity index (χ0n) is 4.50. The molecule has 0 fully saturated rings. The second kappa shape index (κ2) is 1.82. The van der Waals surface area contributed by atoms with Crippen LogP contribution >= 0.6 is 0 Å². The summed E-state index contributed by atoms with van der Waals surface area (Å²) < 4.78 is 0. The maximum absolute atomic E-state index is 10.6. The van der Waals surface area contributed by atoms with Crippen LogP contribution < -0.4 is 0 Å². The fourth-order valence-electron chi connectivity index (χ4n) is 0.618. The Morgan fingerprint density at radius 3 is 2.88 bits per heavy atom. The van der Waals surface area contributed by atoms with Crippen LogP contribution in [-0.2, 0) is 4.79 Å². The summed E-state index contributed by atoms with van der Waals surface area (Å²) in [7, 11) is 0. The number of hydrogen-bond donors (Lipinski definition) is 0. The van der Waals surface area contributed by atoms with E-state index in [1.54, 1.807) is 6.20 Å². The lowest BCUT2D eigenvalue weighted by Crippen LogP contribution is -2.12. The highest BCUT2D eigenvalue weighted by molar-refractivity contribution is 5.82. The molecule has 8 heavy (non-hydrogen) atoms. The van der Waals surface area contributed by atoms with Crippen molar-refractivity contribution >= 4 is 5.91 Å². The minimum Gasteiger partial charge on any atom is -0.295 e. The lowest BCUT2D eigenvalue weighted by Gasteiger charge is -2.02. The molecule has 0 atom stereocenters. The Balaban J connectivity index is 2.66. The molecule has 0 radical (unpaired) electrons. The van der Waals surface area contributed by atoms with Gasteiger partial charge in [-0.3, -0.25) is 9.69 Å². The molecule has 2 nitrogen and oxygen atoms in total. The van der Waals surface area contributed by atoms with Crippen molar-refractivity contribution in [1.29, 1.82) is 0 Å². The van der Waals surface area contributed by atoms with Crippen LogP contribution in [0.5, 0.6) is 0 Å². The van der Waals surface area contributed by atoms with Gasteiger partial charge < -0.3 is 0 Å². The van der Waals surface area contributed by atoms with Gasteiger partial charge >= 0.3 is 0 Å². The molecule has 0 aromatic rings. The fourth-order valence-corrected chi connectivity index (χ4v) is 0.618. The SMILES string of the molecule is C=CN1C=CCC1=O. The highest BCUT2D eigenvalue weighted by Gasteiger charge is 2.09. The molecule has 1 aliphatic heterocycles. The number of carbonyl (C=O) groups excluding carboxylic acids is 1. The number of hydrogen-bond acceptors (Lipinski definition) is 1. The van der Waals surface area contributed by atoms with Crippen molar-refractivity contribution in [3.63, 3.8) is 0 Å². The van der Waals surface area contributed by atoms with Crippen molar-refractivity contribution in [3.05, 3.63) is 25.1 Å². The van der Waals surface area contributed by atoms with E-state index in [4.69, 9.17) is 0 Å². The van der Waals surface area contributed by atoms with Crippen LogP contribution in [0.15, 0.2) is 25.1 Å². The van der Waals surface area contributed by atoms with Gasteiger partial charge in [0.05, 0.1) is 0 Å². The van der Waals surface area contributed by atoms with Crippen molar-refractivity contribution in [2.45, 2.75) is 6.42 Å². The van der Waals surface area contributed by atoms with Crippen molar-refractivity contribution in [3.8, 4) is 0 Å². The van der Waals surface area contributed by atoms with Gasteiger partial charge in [-0.25, -0.2) is 0 Å². The monoisotopic (exact) mass is 109 g/mol. The van der Waals surface area contributed by atoms with Gasteiger partial charge in [0.15, 0.2) is 0 Å². The van der Waals surface area contributed by atoms with E-state index in [0.29, 0.717) is 6.42 Å². The molecule has 42 valence electrons. The lowest BCUT2D eigenvalue weighted by atomic mass is 10.4. The first-order valence-corrected chi connectivity index (χ1v) is 2.45. The van der Waals surface area contributed by atoms with Gasteiger partial charge in [0.2, 0.25) is 5.91 Å². The van der Waals surface area contributed by atoms with Crippen LogP contribution in [-0.4, -0.2) is 10.8 Å². The predicted octanol–water partition coefficient (Wildman–Crippen LogP) is 0.876. The summed E-state index contributed by atoms with van der Waals surface area (Å²) in [6, 6.07) is 0. The van der Waals surface area contributed by atoms with Gasteiger partial charge in [0.1, 0.15) is 0 Å². The largest absolute Gasteiger partial charge is 0.295 e. The second-order valence-electron chi connectivity index (χ2n) is 1.57. The smallest absolute Gasteiger partial charge is 0.234 e. The van der Waals surface area contributed by atoms with Gasteiger partial charge in [-0.05, 0) is 0 Å². The summed E-state index contributed by atoms with van der Waals surface area (Å²) in [6.07, 6.45) is 5.55. The molecule has 0 aromatic heterocycles. The predicted molar refractivity (Wildman–Crippen MR) is 30.8 cm³/mol. The molecule has 1 amide bonds. The van der Waals surface area contributed by atoms with Crippen molar-refractivity contribution in [1.82, 2.24) is 4.90 Å². The van der Waals surface area contributed by atoms with Gasteiger partial charge in [0, 0.05) is 18.8 Å². The Bertz CT molecular complexity index is 149. The molecule has 1 aliphatic rings. The van der Waals surface area contributed by atoms with E-state index in [2.05, 4.69) is 6.58 Å². The molecule has 0 saturated heterocycles. The third kappa shape index (κ3) is 0.644. The summed E-state index contributed by atoms with van der Waals surface area (Å²) in [6.45, 7) is 3.45. The molecular formula is C6H7NO. The van der Waals surface area contributed by atoms with Gasteiger partial charge in [-0.2, -0.15) is 0 Å². The third-order valence-corrected chi connectivity index (χ3v) is 1.04. The second-order valence-corrected chi connectivity index (χ2v) is 1.57. The van der Waals surface area contributed by atoms with Crippen LogP contribution in [0.25, 0.3) is 0 Å². The standard InChI is InChI=1S/C6H7NO/c1-2-7-5-3-4-6(7)8/h2-3,5H,1,4H2. The van der Waals surface area contributed by atoms with Crippen LogP contribution in [0.3, 0.4) is 0 Å². The number of rotatable bonds is 1. The summed E-state index contributed by atoms with van der Waals surface area (Å²) in [4.78, 5) is 12.1. The maximum atomic E-state index is 10.6. The third-order valence-electron chi connectivity index (χ3n) is 1.04. The fraction of sp³-hybridized carbons (Fsp3) is 0.167. The molecule has 0 unspecified atom stereocenters. The molecule has 0 aromatic carbocycles. The summed E-state index contributed by atoms with van der Waals surface area (Å²) in [5.41, 5.74) is 0. The summed E-state index contributed by atoms with van der Waals surface area (Å²) >= 11 is 0. The van der Waals surface area contributed by atoms with Gasteiger partial charge in [0.25, 0.3) is 0 Å². The van der Waals surface area contributed by atoms with Crippen LogP contribution in [0.1, 0.15) is 6.42 Å². The Morgan fingerprint density at radius 1 is 1.88 bits per heavy atom. The minimum atomic E-state index is 0.0972. The van der Waals surface area contributed by atoms with E-state index < -0.39 is 0 Å². The average molecular weight is 109 g/mol. The molecular weight excluding hydrogens is 102 g/mol. The van der Waals surface area contributed by atoms with E-state index >= 15 is 0 Å². The minimum absolute atomic E-state index is 0.0972. The van der Waals surface area contributed by atoms with E-state index in [0.717, 1.165) is 0 Å². The Kier molecular flexibility index (Phi) is 1.16. The zero-order valence-corrected chi connectivity index (χ0v) is 4.50. The molecule has 1 heterocycles. The number of amides is 1. The normalized spacial score (nSPS) is 17.5. The van der Waals surface area contributed by atoms with Gasteiger partial charge in [-0.15, -0.1) is 0 Å². The summed E-state index contributed by atoms with van der Waals surface area (Å²) in [5, 5.41) is 0. The highest BCUT2D eigenvalue weighted by Crippen LogP contribution is 2.04. The molecule has 1 rings (SSSR count). The van der Waals surface area contributed by atoms with Crippen LogP contribution in [0.4, 0.5) is 0 Å². The highest BCUT2D eigenvalue weighted by atomic mass is 16.2. The van der Waals surface area contributed by atoms with Crippen LogP contribution in [0.2, 0.25) is 0 Å². The summed E-state index contributed by atoms with van der Waals surface area (Å²) in [5.74, 6) is 0.0972. The van der Waals surface area contributed by atoms with Crippen molar-refractivity contribution in [2.24, 2.45) is 0 Å². The maximum Gasteiger partial charge on any atom is 0.234 e. The number of nitrogens with zero attached hydrogens (tertiary/aromatic N) is 1. The first kappa shape index (κ1) is 5.09. The van der Waals surface area contributed by atoms with E-state index in [-0.39, 0.29) is 5.91 Å². The van der Waals surface area contributed by atoms with Gasteiger partial charge in [-0.1, -0.05) is 12.7 Å². The molecule has 0 bridgehead atoms. The molecule has 0 aliphatic carbocycles. The van der Waals surface area contributed by atoms with Crippen molar-refractivity contribution < 1.29 is 4.79 Å². The van der Waals surface area contributed by atoms with E-state index in [1.165, 1.54) is 11.1 Å². The average Bonchev–Trinajstić information content (AvgIpc) is 2.14. The molecule has 0 saturated carbocycles. The first-order chi connectivity index (χ1) is 3.84. The Labute approximate surface area is 48.1 Å². The molecule has 0 N–H and O–H groups in total. The molecule has 0 spiro atoms. The Hall–Kier alpha value is -1.05. The van der Waals surface area contributed by atoms with Crippen LogP contribution in [0, 0.1) is 0 Å². The van der Waals surface area contributed by atoms with E-state index in [1.807, 2.05) is 6.08 Å². The topological polar surface area (TPSA) is 20.3 Å². The number of carbonyl (C=O) groups is 1. The lowest BCUT2D eigenvalue weighted by molar-refractivity contribution is -0.124. The van der Waals surface area contributed by atoms with E-state index in [9.17, 15) is 4.79 Å². The first-order valence-electron chi connectivity index (χ1n) is 2.45.